The fourth-order valence-corrected chi connectivity index (χ4v) is 2.74. The zero-order valence-electron chi connectivity index (χ0n) is 8.86. The van der Waals surface area contributed by atoms with Gasteiger partial charge in [0.2, 0.25) is 6.41 Å². The van der Waals surface area contributed by atoms with Crippen molar-refractivity contribution in [2.24, 2.45) is 0 Å². The highest BCUT2D eigenvalue weighted by Gasteiger charge is 2.29. The lowest BCUT2D eigenvalue weighted by molar-refractivity contribution is -0.105. The predicted molar refractivity (Wildman–Crippen MR) is 63.8 cm³/mol. The Morgan fingerprint density at radius 3 is 3.06 bits per heavy atom. The number of hydrogen-bond donors (Lipinski definition) is 1. The molecule has 0 spiro atoms. The maximum Gasteiger partial charge on any atom is 0.211 e. The topological polar surface area (TPSA) is 54.9 Å². The number of thiazole rings is 1. The molecule has 0 atom stereocenters. The molecule has 0 aliphatic heterocycles. The number of nitrogens with one attached hydrogen (secondary N) is 1. The van der Waals surface area contributed by atoms with Crippen LogP contribution in [0.2, 0.25) is 0 Å². The first kappa shape index (κ1) is 9.72. The summed E-state index contributed by atoms with van der Waals surface area (Å²) in [7, 11) is 0. The summed E-state index contributed by atoms with van der Waals surface area (Å²) in [6.07, 6.45) is 4.81. The number of rotatable bonds is 3. The summed E-state index contributed by atoms with van der Waals surface area (Å²) >= 11 is 1.60. The molecule has 2 aromatic rings. The Hall–Kier alpha value is -1.49. The Kier molecular flexibility index (Phi) is 2.14. The van der Waals surface area contributed by atoms with Crippen LogP contribution in [-0.2, 0) is 4.79 Å². The van der Waals surface area contributed by atoms with E-state index in [1.165, 1.54) is 18.4 Å². The summed E-state index contributed by atoms with van der Waals surface area (Å²) in [6, 6.07) is 0. The molecule has 1 N–H and O–H groups in total. The van der Waals surface area contributed by atoms with Gasteiger partial charge < -0.3 is 5.32 Å². The zero-order chi connectivity index (χ0) is 11.1. The summed E-state index contributed by atoms with van der Waals surface area (Å²) < 4.78 is 0. The molecule has 1 saturated carbocycles. The number of hydrogen-bond acceptors (Lipinski definition) is 4. The first-order chi connectivity index (χ1) is 7.79. The zero-order valence-corrected chi connectivity index (χ0v) is 9.67. The second-order valence-electron chi connectivity index (χ2n) is 4.01. The number of carbonyl (C=O) groups excluding carboxylic acids is 1. The van der Waals surface area contributed by atoms with E-state index in [1.54, 1.807) is 17.5 Å². The van der Waals surface area contributed by atoms with Gasteiger partial charge in [0.25, 0.3) is 0 Å². The maximum absolute atomic E-state index is 10.6. The summed E-state index contributed by atoms with van der Waals surface area (Å²) in [6.45, 7) is 1.98. The van der Waals surface area contributed by atoms with E-state index in [1.807, 2.05) is 6.92 Å². The Bertz CT molecular complexity index is 560. The van der Waals surface area contributed by atoms with Crippen LogP contribution in [0.1, 0.15) is 29.3 Å². The monoisotopic (exact) mass is 233 g/mol. The Morgan fingerprint density at radius 2 is 2.38 bits per heavy atom. The van der Waals surface area contributed by atoms with Gasteiger partial charge in [0.1, 0.15) is 10.3 Å². The summed E-state index contributed by atoms with van der Waals surface area (Å²) in [4.78, 5) is 20.4. The third-order valence-electron chi connectivity index (χ3n) is 2.77. The van der Waals surface area contributed by atoms with Crippen molar-refractivity contribution in [1.29, 1.82) is 0 Å². The van der Waals surface area contributed by atoms with Crippen molar-refractivity contribution < 1.29 is 4.79 Å². The van der Waals surface area contributed by atoms with Gasteiger partial charge in [0.05, 0.1) is 16.9 Å². The molecule has 0 saturated heterocycles. The molecule has 2 heterocycles. The van der Waals surface area contributed by atoms with E-state index >= 15 is 0 Å². The van der Waals surface area contributed by atoms with Crippen molar-refractivity contribution >= 4 is 33.8 Å². The van der Waals surface area contributed by atoms with Crippen molar-refractivity contribution in [1.82, 2.24) is 9.97 Å². The number of pyridine rings is 1. The lowest BCUT2D eigenvalue weighted by atomic mass is 10.1. The van der Waals surface area contributed by atoms with Crippen LogP contribution in [0.3, 0.4) is 0 Å². The molecule has 0 radical (unpaired) electrons. The molecule has 1 amide bonds. The normalized spacial score (nSPS) is 15.3. The van der Waals surface area contributed by atoms with E-state index < -0.39 is 0 Å². The summed E-state index contributed by atoms with van der Waals surface area (Å²) in [5.74, 6) is 0.550. The van der Waals surface area contributed by atoms with Crippen LogP contribution < -0.4 is 5.32 Å². The maximum atomic E-state index is 10.6. The smallest absolute Gasteiger partial charge is 0.211 e. The van der Waals surface area contributed by atoms with Gasteiger partial charge in [-0.1, -0.05) is 11.3 Å². The Balaban J connectivity index is 2.25. The van der Waals surface area contributed by atoms with Gasteiger partial charge in [-0.25, -0.2) is 9.97 Å². The minimum absolute atomic E-state index is 0.550. The van der Waals surface area contributed by atoms with E-state index in [2.05, 4.69) is 15.3 Å². The molecule has 1 fully saturated rings. The fraction of sp³-hybridized carbons (Fsp3) is 0.364. The van der Waals surface area contributed by atoms with Gasteiger partial charge in [-0.15, -0.1) is 0 Å². The van der Waals surface area contributed by atoms with Gasteiger partial charge in [-0.3, -0.25) is 4.79 Å². The molecule has 4 nitrogen and oxygen atoms in total. The molecule has 0 bridgehead atoms. The van der Waals surface area contributed by atoms with Gasteiger partial charge in [0, 0.05) is 5.56 Å². The quantitative estimate of drug-likeness (QED) is 0.828. The highest BCUT2D eigenvalue weighted by molar-refractivity contribution is 7.18. The predicted octanol–water partition coefficient (Wildman–Crippen LogP) is 2.45. The minimum atomic E-state index is 0.550. The minimum Gasteiger partial charge on any atom is -0.327 e. The number of fused-ring (bicyclic) bond motifs is 1. The van der Waals surface area contributed by atoms with Crippen LogP contribution >= 0.6 is 11.3 Å². The first-order valence-electron chi connectivity index (χ1n) is 5.26. The van der Waals surface area contributed by atoms with Gasteiger partial charge >= 0.3 is 0 Å². The van der Waals surface area contributed by atoms with Crippen LogP contribution in [0.4, 0.5) is 5.69 Å². The summed E-state index contributed by atoms with van der Waals surface area (Å²) in [5, 5.41) is 3.74. The van der Waals surface area contributed by atoms with Crippen LogP contribution in [0.5, 0.6) is 0 Å². The van der Waals surface area contributed by atoms with Crippen LogP contribution in [0, 0.1) is 6.92 Å². The average molecular weight is 233 g/mol. The molecule has 16 heavy (non-hydrogen) atoms. The standard InChI is InChI=1S/C11H11N3OS/c1-6-14-10-9(7-2-3-7)8(13-5-15)4-12-11(10)16-6/h4-5,7H,2-3H2,1H3,(H,13,15). The summed E-state index contributed by atoms with van der Waals surface area (Å²) in [5.41, 5.74) is 2.95. The third kappa shape index (κ3) is 1.48. The van der Waals surface area contributed by atoms with Crippen LogP contribution in [0.25, 0.3) is 10.3 Å². The number of amides is 1. The first-order valence-corrected chi connectivity index (χ1v) is 6.07. The molecule has 82 valence electrons. The van der Waals surface area contributed by atoms with E-state index in [4.69, 9.17) is 0 Å². The average Bonchev–Trinajstić information content (AvgIpc) is 3.00. The van der Waals surface area contributed by atoms with E-state index in [-0.39, 0.29) is 0 Å². The van der Waals surface area contributed by atoms with Gasteiger partial charge in [-0.2, -0.15) is 0 Å². The third-order valence-corrected chi connectivity index (χ3v) is 3.65. The van der Waals surface area contributed by atoms with E-state index in [0.29, 0.717) is 12.3 Å². The molecule has 0 unspecified atom stereocenters. The molecular formula is C11H11N3OS. The molecule has 0 aromatic carbocycles. The van der Waals surface area contributed by atoms with Crippen LogP contribution in [0.15, 0.2) is 6.20 Å². The van der Waals surface area contributed by atoms with Crippen molar-refractivity contribution in [2.45, 2.75) is 25.7 Å². The van der Waals surface area contributed by atoms with E-state index in [9.17, 15) is 4.79 Å². The second-order valence-corrected chi connectivity index (χ2v) is 5.19. The molecule has 5 heteroatoms. The molecule has 2 aromatic heterocycles. The van der Waals surface area contributed by atoms with Crippen molar-refractivity contribution in [2.75, 3.05) is 5.32 Å². The Morgan fingerprint density at radius 1 is 1.56 bits per heavy atom. The van der Waals surface area contributed by atoms with Crippen molar-refractivity contribution in [3.05, 3.63) is 16.8 Å². The van der Waals surface area contributed by atoms with E-state index in [0.717, 1.165) is 21.0 Å². The second kappa shape index (κ2) is 3.52. The fourth-order valence-electron chi connectivity index (χ4n) is 1.96. The number of anilines is 1. The molecule has 1 aliphatic carbocycles. The van der Waals surface area contributed by atoms with Gasteiger partial charge in [0.15, 0.2) is 0 Å². The van der Waals surface area contributed by atoms with Crippen LogP contribution in [-0.4, -0.2) is 16.4 Å². The molecular weight excluding hydrogens is 222 g/mol. The number of carbonyl (C=O) groups is 1. The number of aromatic nitrogens is 2. The van der Waals surface area contributed by atoms with Crippen molar-refractivity contribution in [3.8, 4) is 0 Å². The molecule has 1 aliphatic rings. The van der Waals surface area contributed by atoms with Gasteiger partial charge in [-0.05, 0) is 25.7 Å². The number of nitrogens with zero attached hydrogens (tertiary/aromatic N) is 2. The highest BCUT2D eigenvalue weighted by atomic mass is 32.1. The number of aryl methyl sites for hydroxylation is 1. The largest absolute Gasteiger partial charge is 0.327 e. The Labute approximate surface area is 96.7 Å². The van der Waals surface area contributed by atoms with Crippen molar-refractivity contribution in [3.63, 3.8) is 0 Å². The SMILES string of the molecule is Cc1nc2c(C3CC3)c(NC=O)cnc2s1. The molecule has 3 rings (SSSR count). The lowest BCUT2D eigenvalue weighted by Crippen LogP contribution is -1.99. The lowest BCUT2D eigenvalue weighted by Gasteiger charge is -2.06. The highest BCUT2D eigenvalue weighted by Crippen LogP contribution is 2.46.